The fraction of sp³-hybridized carbons (Fsp3) is 0.333. The largest absolute Gasteiger partial charge is 0.388 e. The Morgan fingerprint density at radius 1 is 1.12 bits per heavy atom. The predicted octanol–water partition coefficient (Wildman–Crippen LogP) is 4.22. The Hall–Kier alpha value is -1.50. The molecule has 0 radical (unpaired) electrons. The second-order valence-electron chi connectivity index (χ2n) is 4.21. The monoisotopic (exact) mass is 213 g/mol. The topological polar surface area (TPSA) is 12.0 Å². The van der Waals surface area contributed by atoms with Crippen molar-refractivity contribution in [3.8, 4) is 0 Å². The number of fused-ring (bicyclic) bond motifs is 1. The van der Waals surface area contributed by atoms with E-state index in [0.29, 0.717) is 0 Å². The molecule has 0 aliphatic carbocycles. The average Bonchev–Trinajstić information content (AvgIpc) is 2.35. The van der Waals surface area contributed by atoms with Gasteiger partial charge in [-0.25, -0.2) is 0 Å². The maximum Gasteiger partial charge on any atom is 0.0344 e. The van der Waals surface area contributed by atoms with Crippen molar-refractivity contribution < 1.29 is 0 Å². The fourth-order valence-electron chi connectivity index (χ4n) is 2.08. The second-order valence-corrected chi connectivity index (χ2v) is 4.21. The lowest BCUT2D eigenvalue weighted by molar-refractivity contribution is 0.799. The minimum absolute atomic E-state index is 1.18. The van der Waals surface area contributed by atoms with Crippen molar-refractivity contribution >= 4 is 16.5 Å². The highest BCUT2D eigenvalue weighted by atomic mass is 14.8. The van der Waals surface area contributed by atoms with Crippen LogP contribution in [0.25, 0.3) is 10.8 Å². The first-order valence-corrected chi connectivity index (χ1v) is 6.04. The van der Waals surface area contributed by atoms with Crippen molar-refractivity contribution in [1.82, 2.24) is 0 Å². The highest BCUT2D eigenvalue weighted by molar-refractivity contribution is 5.88. The van der Waals surface area contributed by atoms with Crippen LogP contribution in [0.15, 0.2) is 36.4 Å². The van der Waals surface area contributed by atoms with Gasteiger partial charge < -0.3 is 5.32 Å². The van der Waals surface area contributed by atoms with Gasteiger partial charge in [-0.2, -0.15) is 0 Å². The molecule has 0 aliphatic rings. The molecule has 0 aliphatic heterocycles. The van der Waals surface area contributed by atoms with Crippen LogP contribution in [0.5, 0.6) is 0 Å². The molecule has 0 saturated carbocycles. The lowest BCUT2D eigenvalue weighted by atomic mass is 10.00. The Morgan fingerprint density at radius 3 is 2.75 bits per heavy atom. The van der Waals surface area contributed by atoms with Crippen molar-refractivity contribution in [3.63, 3.8) is 0 Å². The molecule has 0 amide bonds. The lowest BCUT2D eigenvalue weighted by Crippen LogP contribution is -1.90. The minimum atomic E-state index is 1.18. The van der Waals surface area contributed by atoms with Gasteiger partial charge in [0.1, 0.15) is 0 Å². The van der Waals surface area contributed by atoms with Crippen LogP contribution in [0.2, 0.25) is 0 Å². The lowest BCUT2D eigenvalue weighted by Gasteiger charge is -2.08. The van der Waals surface area contributed by atoms with E-state index in [4.69, 9.17) is 0 Å². The number of unbranched alkanes of at least 4 members (excludes halogenated alkanes) is 1. The number of benzene rings is 2. The maximum absolute atomic E-state index is 3.20. The van der Waals surface area contributed by atoms with E-state index in [2.05, 4.69) is 48.6 Å². The number of hydrogen-bond donors (Lipinski definition) is 1. The van der Waals surface area contributed by atoms with E-state index >= 15 is 0 Å². The van der Waals surface area contributed by atoms with Gasteiger partial charge in [-0.3, -0.25) is 0 Å². The zero-order valence-corrected chi connectivity index (χ0v) is 10.1. The normalized spacial score (nSPS) is 10.6. The van der Waals surface area contributed by atoms with Crippen molar-refractivity contribution in [2.75, 3.05) is 12.4 Å². The molecule has 84 valence electrons. The summed E-state index contributed by atoms with van der Waals surface area (Å²) in [6.45, 7) is 2.24. The van der Waals surface area contributed by atoms with Crippen LogP contribution in [-0.4, -0.2) is 7.05 Å². The van der Waals surface area contributed by atoms with Crippen LogP contribution >= 0.6 is 0 Å². The first kappa shape index (κ1) is 11.0. The fourth-order valence-corrected chi connectivity index (χ4v) is 2.08. The van der Waals surface area contributed by atoms with Gasteiger partial charge in [0.15, 0.2) is 0 Å². The van der Waals surface area contributed by atoms with Crippen LogP contribution in [-0.2, 0) is 6.42 Å². The Balaban J connectivity index is 2.46. The minimum Gasteiger partial charge on any atom is -0.388 e. The van der Waals surface area contributed by atoms with E-state index in [1.165, 1.54) is 41.3 Å². The first-order valence-electron chi connectivity index (χ1n) is 6.04. The first-order chi connectivity index (χ1) is 7.85. The molecule has 0 atom stereocenters. The molecule has 16 heavy (non-hydrogen) atoms. The zero-order chi connectivity index (χ0) is 11.4. The van der Waals surface area contributed by atoms with Gasteiger partial charge in [-0.1, -0.05) is 37.6 Å². The maximum atomic E-state index is 3.20. The van der Waals surface area contributed by atoms with E-state index in [9.17, 15) is 0 Å². The van der Waals surface area contributed by atoms with E-state index in [0.717, 1.165) is 0 Å². The van der Waals surface area contributed by atoms with Gasteiger partial charge >= 0.3 is 0 Å². The number of nitrogens with one attached hydrogen (secondary N) is 1. The number of hydrogen-bond acceptors (Lipinski definition) is 1. The average molecular weight is 213 g/mol. The van der Waals surface area contributed by atoms with Crippen molar-refractivity contribution in [2.45, 2.75) is 26.2 Å². The molecule has 0 fully saturated rings. The third-order valence-corrected chi connectivity index (χ3v) is 3.06. The second kappa shape index (κ2) is 5.02. The summed E-state index contributed by atoms with van der Waals surface area (Å²) in [6, 6.07) is 13.2. The highest BCUT2D eigenvalue weighted by Gasteiger charge is 2.01. The van der Waals surface area contributed by atoms with Gasteiger partial charge in [0.25, 0.3) is 0 Å². The Bertz CT molecular complexity index is 474. The smallest absolute Gasteiger partial charge is 0.0344 e. The van der Waals surface area contributed by atoms with Crippen LogP contribution in [0.1, 0.15) is 25.3 Å². The molecular formula is C15H19N. The van der Waals surface area contributed by atoms with E-state index in [1.54, 1.807) is 0 Å². The van der Waals surface area contributed by atoms with Crippen molar-refractivity contribution in [2.24, 2.45) is 0 Å². The Labute approximate surface area is 97.5 Å². The van der Waals surface area contributed by atoms with Gasteiger partial charge in [-0.15, -0.1) is 0 Å². The standard InChI is InChI=1S/C15H19N/c1-3-4-6-12-7-5-8-13-9-10-14(16-2)11-15(12)13/h5,7-11,16H,3-4,6H2,1-2H3. The van der Waals surface area contributed by atoms with Crippen LogP contribution in [0, 0.1) is 0 Å². The molecular weight excluding hydrogens is 194 g/mol. The zero-order valence-electron chi connectivity index (χ0n) is 10.1. The number of anilines is 1. The van der Waals surface area contributed by atoms with Gasteiger partial charge in [0, 0.05) is 12.7 Å². The molecule has 0 saturated heterocycles. The molecule has 1 heteroatoms. The molecule has 2 rings (SSSR count). The summed E-state index contributed by atoms with van der Waals surface area (Å²) in [5.41, 5.74) is 2.66. The van der Waals surface area contributed by atoms with E-state index in [1.807, 2.05) is 7.05 Å². The summed E-state index contributed by atoms with van der Waals surface area (Å²) >= 11 is 0. The highest BCUT2D eigenvalue weighted by Crippen LogP contribution is 2.23. The van der Waals surface area contributed by atoms with Crippen molar-refractivity contribution in [3.05, 3.63) is 42.0 Å². The Morgan fingerprint density at radius 2 is 2.00 bits per heavy atom. The molecule has 1 N–H and O–H groups in total. The predicted molar refractivity (Wildman–Crippen MR) is 72.1 cm³/mol. The molecule has 0 heterocycles. The molecule has 1 nitrogen and oxygen atoms in total. The third-order valence-electron chi connectivity index (χ3n) is 3.06. The van der Waals surface area contributed by atoms with Gasteiger partial charge in [-0.05, 0) is 41.3 Å². The third kappa shape index (κ3) is 2.19. The molecule has 2 aromatic rings. The summed E-state index contributed by atoms with van der Waals surface area (Å²) < 4.78 is 0. The van der Waals surface area contributed by atoms with E-state index < -0.39 is 0 Å². The molecule has 0 bridgehead atoms. The summed E-state index contributed by atoms with van der Waals surface area (Å²) in [7, 11) is 1.97. The number of rotatable bonds is 4. The summed E-state index contributed by atoms with van der Waals surface area (Å²) in [5.74, 6) is 0. The molecule has 0 spiro atoms. The van der Waals surface area contributed by atoms with Gasteiger partial charge in [0.2, 0.25) is 0 Å². The molecule has 0 aromatic heterocycles. The summed E-state index contributed by atoms with van der Waals surface area (Å²) in [6.07, 6.45) is 3.70. The van der Waals surface area contributed by atoms with Crippen molar-refractivity contribution in [1.29, 1.82) is 0 Å². The van der Waals surface area contributed by atoms with Gasteiger partial charge in [0.05, 0.1) is 0 Å². The SMILES string of the molecule is CCCCc1cccc2ccc(NC)cc12. The molecule has 2 aromatic carbocycles. The summed E-state index contributed by atoms with van der Waals surface area (Å²) in [4.78, 5) is 0. The molecule has 0 unspecified atom stereocenters. The number of aryl methyl sites for hydroxylation is 1. The van der Waals surface area contributed by atoms with Crippen LogP contribution in [0.4, 0.5) is 5.69 Å². The van der Waals surface area contributed by atoms with E-state index in [-0.39, 0.29) is 0 Å². The Kier molecular flexibility index (Phi) is 3.45. The van der Waals surface area contributed by atoms with Crippen LogP contribution in [0.3, 0.4) is 0 Å². The summed E-state index contributed by atoms with van der Waals surface area (Å²) in [5, 5.41) is 5.93. The quantitative estimate of drug-likeness (QED) is 0.801. The van der Waals surface area contributed by atoms with Crippen LogP contribution < -0.4 is 5.32 Å².